The van der Waals surface area contributed by atoms with Crippen LogP contribution in [0.25, 0.3) is 0 Å². The van der Waals surface area contributed by atoms with Gasteiger partial charge in [-0.15, -0.1) is 6.58 Å². The molecule has 0 aliphatic carbocycles. The summed E-state index contributed by atoms with van der Waals surface area (Å²) in [5.74, 6) is -1.69. The zero-order chi connectivity index (χ0) is 10.6. The highest BCUT2D eigenvalue weighted by Crippen LogP contribution is 2.20. The average molecular weight is 197 g/mol. The Labute approximate surface area is 82.2 Å². The second kappa shape index (κ2) is 4.86. The van der Waals surface area contributed by atoms with Gasteiger partial charge in [0, 0.05) is 11.6 Å². The largest absolute Gasteiger partial charge is 0.324 e. The van der Waals surface area contributed by atoms with Crippen molar-refractivity contribution in [3.05, 3.63) is 48.1 Å². The van der Waals surface area contributed by atoms with Gasteiger partial charge in [-0.05, 0) is 18.9 Å². The lowest BCUT2D eigenvalue weighted by atomic mass is 10.0. The van der Waals surface area contributed by atoms with Crippen molar-refractivity contribution in [2.45, 2.75) is 18.9 Å². The molecule has 0 spiro atoms. The lowest BCUT2D eigenvalue weighted by molar-refractivity contribution is 0.484. The van der Waals surface area contributed by atoms with E-state index in [4.69, 9.17) is 5.73 Å². The molecule has 1 atom stereocenters. The number of hydrogen-bond acceptors (Lipinski definition) is 1. The van der Waals surface area contributed by atoms with Crippen LogP contribution in [0.4, 0.5) is 8.78 Å². The van der Waals surface area contributed by atoms with Crippen LogP contribution >= 0.6 is 0 Å². The Hall–Kier alpha value is -1.22. The molecule has 3 heteroatoms. The monoisotopic (exact) mass is 197 g/mol. The molecule has 0 aliphatic rings. The minimum absolute atomic E-state index is 0.229. The molecule has 0 bridgehead atoms. The van der Waals surface area contributed by atoms with Crippen LogP contribution in [0.3, 0.4) is 0 Å². The Balaban J connectivity index is 2.83. The van der Waals surface area contributed by atoms with Crippen LogP contribution in [0, 0.1) is 11.6 Å². The summed E-state index contributed by atoms with van der Waals surface area (Å²) in [4.78, 5) is 0. The number of nitrogens with two attached hydrogens (primary N) is 1. The smallest absolute Gasteiger partial charge is 0.163 e. The van der Waals surface area contributed by atoms with Gasteiger partial charge in [-0.2, -0.15) is 0 Å². The molecule has 1 rings (SSSR count). The molecule has 2 N–H and O–H groups in total. The molecule has 1 aromatic carbocycles. The summed E-state index contributed by atoms with van der Waals surface area (Å²) < 4.78 is 26.0. The van der Waals surface area contributed by atoms with Crippen molar-refractivity contribution in [2.24, 2.45) is 5.73 Å². The minimum atomic E-state index is -0.850. The van der Waals surface area contributed by atoms with Crippen LogP contribution in [0.1, 0.15) is 24.4 Å². The van der Waals surface area contributed by atoms with E-state index in [1.807, 2.05) is 0 Å². The second-order valence-corrected chi connectivity index (χ2v) is 3.12. The Bertz CT molecular complexity index is 323. The van der Waals surface area contributed by atoms with Crippen molar-refractivity contribution in [1.82, 2.24) is 0 Å². The molecule has 0 fully saturated rings. The van der Waals surface area contributed by atoms with E-state index in [9.17, 15) is 8.78 Å². The lowest BCUT2D eigenvalue weighted by Crippen LogP contribution is -2.12. The highest BCUT2D eigenvalue weighted by molar-refractivity contribution is 5.22. The maximum atomic E-state index is 13.2. The third-order valence-corrected chi connectivity index (χ3v) is 2.06. The van der Waals surface area contributed by atoms with Gasteiger partial charge >= 0.3 is 0 Å². The quantitative estimate of drug-likeness (QED) is 0.738. The molecular formula is C11H13F2N. The maximum Gasteiger partial charge on any atom is 0.163 e. The normalized spacial score (nSPS) is 12.5. The van der Waals surface area contributed by atoms with Crippen LogP contribution in [-0.4, -0.2) is 0 Å². The summed E-state index contributed by atoms with van der Waals surface area (Å²) in [5, 5.41) is 0. The third kappa shape index (κ3) is 2.39. The number of rotatable bonds is 4. The Morgan fingerprint density at radius 3 is 2.79 bits per heavy atom. The fourth-order valence-corrected chi connectivity index (χ4v) is 1.26. The van der Waals surface area contributed by atoms with Crippen LogP contribution in [0.2, 0.25) is 0 Å². The molecular weight excluding hydrogens is 184 g/mol. The standard InChI is InChI=1S/C11H13F2N/c1-2-3-7-10(14)8-5-4-6-9(12)11(8)13/h2,4-6,10H,1,3,7,14H2/t10-/m0/s1. The van der Waals surface area contributed by atoms with Crippen molar-refractivity contribution in [2.75, 3.05) is 0 Å². The second-order valence-electron chi connectivity index (χ2n) is 3.12. The van der Waals surface area contributed by atoms with E-state index in [-0.39, 0.29) is 5.56 Å². The first-order valence-electron chi connectivity index (χ1n) is 4.47. The number of halogens is 2. The van der Waals surface area contributed by atoms with E-state index in [2.05, 4.69) is 6.58 Å². The summed E-state index contributed by atoms with van der Waals surface area (Å²) >= 11 is 0. The average Bonchev–Trinajstić information content (AvgIpc) is 2.18. The summed E-state index contributed by atoms with van der Waals surface area (Å²) in [6.45, 7) is 3.54. The van der Waals surface area contributed by atoms with Crippen molar-refractivity contribution < 1.29 is 8.78 Å². The highest BCUT2D eigenvalue weighted by Gasteiger charge is 2.13. The fourth-order valence-electron chi connectivity index (χ4n) is 1.26. The van der Waals surface area contributed by atoms with Gasteiger partial charge < -0.3 is 5.73 Å². The van der Waals surface area contributed by atoms with Crippen LogP contribution in [-0.2, 0) is 0 Å². The first-order chi connectivity index (χ1) is 6.66. The summed E-state index contributed by atoms with van der Waals surface area (Å²) in [5.41, 5.74) is 5.92. The first-order valence-corrected chi connectivity index (χ1v) is 4.47. The molecule has 0 aliphatic heterocycles. The maximum absolute atomic E-state index is 13.2. The van der Waals surface area contributed by atoms with Gasteiger partial charge in [0.25, 0.3) is 0 Å². The molecule has 0 saturated heterocycles. The molecule has 1 nitrogen and oxygen atoms in total. The summed E-state index contributed by atoms with van der Waals surface area (Å²) in [7, 11) is 0. The van der Waals surface area contributed by atoms with Crippen molar-refractivity contribution in [3.8, 4) is 0 Å². The highest BCUT2D eigenvalue weighted by atomic mass is 19.2. The summed E-state index contributed by atoms with van der Waals surface area (Å²) in [6.07, 6.45) is 2.97. The fraction of sp³-hybridized carbons (Fsp3) is 0.273. The summed E-state index contributed by atoms with van der Waals surface area (Å²) in [6, 6.07) is 3.58. The van der Waals surface area contributed by atoms with Crippen molar-refractivity contribution >= 4 is 0 Å². The van der Waals surface area contributed by atoms with E-state index in [0.29, 0.717) is 12.8 Å². The molecule has 0 radical (unpaired) electrons. The molecule has 14 heavy (non-hydrogen) atoms. The van der Waals surface area contributed by atoms with Gasteiger partial charge in [0.2, 0.25) is 0 Å². The van der Waals surface area contributed by atoms with E-state index >= 15 is 0 Å². The van der Waals surface area contributed by atoms with Gasteiger partial charge in [0.05, 0.1) is 0 Å². The van der Waals surface area contributed by atoms with Crippen molar-refractivity contribution in [3.63, 3.8) is 0 Å². The predicted octanol–water partition coefficient (Wildman–Crippen LogP) is 2.93. The zero-order valence-electron chi connectivity index (χ0n) is 7.84. The molecule has 0 amide bonds. The van der Waals surface area contributed by atoms with Gasteiger partial charge in [-0.25, -0.2) is 8.78 Å². The van der Waals surface area contributed by atoms with Gasteiger partial charge in [-0.3, -0.25) is 0 Å². The van der Waals surface area contributed by atoms with E-state index < -0.39 is 17.7 Å². The van der Waals surface area contributed by atoms with E-state index in [1.165, 1.54) is 12.1 Å². The number of allylic oxidation sites excluding steroid dienone is 1. The molecule has 0 unspecified atom stereocenters. The van der Waals surface area contributed by atoms with Crippen LogP contribution in [0.15, 0.2) is 30.9 Å². The predicted molar refractivity (Wildman–Crippen MR) is 52.7 cm³/mol. The van der Waals surface area contributed by atoms with Crippen LogP contribution < -0.4 is 5.73 Å². The van der Waals surface area contributed by atoms with Gasteiger partial charge in [-0.1, -0.05) is 18.2 Å². The van der Waals surface area contributed by atoms with Crippen molar-refractivity contribution in [1.29, 1.82) is 0 Å². The SMILES string of the molecule is C=CCC[C@H](N)c1cccc(F)c1F. The molecule has 0 aromatic heterocycles. The topological polar surface area (TPSA) is 26.0 Å². The molecule has 76 valence electrons. The van der Waals surface area contributed by atoms with Crippen LogP contribution in [0.5, 0.6) is 0 Å². The number of benzene rings is 1. The third-order valence-electron chi connectivity index (χ3n) is 2.06. The zero-order valence-corrected chi connectivity index (χ0v) is 7.84. The lowest BCUT2D eigenvalue weighted by Gasteiger charge is -2.11. The minimum Gasteiger partial charge on any atom is -0.324 e. The van der Waals surface area contributed by atoms with Gasteiger partial charge in [0.15, 0.2) is 11.6 Å². The first kappa shape index (κ1) is 10.9. The Morgan fingerprint density at radius 2 is 2.14 bits per heavy atom. The van der Waals surface area contributed by atoms with E-state index in [1.54, 1.807) is 6.08 Å². The molecule has 1 aromatic rings. The Kier molecular flexibility index (Phi) is 3.77. The molecule has 0 saturated carbocycles. The molecule has 0 heterocycles. The van der Waals surface area contributed by atoms with Gasteiger partial charge in [0.1, 0.15) is 0 Å². The number of hydrogen-bond donors (Lipinski definition) is 1. The van der Waals surface area contributed by atoms with E-state index in [0.717, 1.165) is 6.07 Å². The Morgan fingerprint density at radius 1 is 1.43 bits per heavy atom.